The molecule has 4 aromatic rings. The smallest absolute Gasteiger partial charge is 0.282 e. The van der Waals surface area contributed by atoms with Crippen LogP contribution in [0, 0.1) is 18.3 Å². The van der Waals surface area contributed by atoms with Gasteiger partial charge in [0.05, 0.1) is 35.9 Å². The van der Waals surface area contributed by atoms with Crippen LogP contribution in [0.1, 0.15) is 43.4 Å². The number of nitriles is 1. The zero-order valence-corrected chi connectivity index (χ0v) is 23.2. The van der Waals surface area contributed by atoms with Crippen molar-refractivity contribution in [2.24, 2.45) is 5.10 Å². The molecular weight excluding hydrogens is 516 g/mol. The number of aromatic nitrogens is 2. The third-order valence-corrected chi connectivity index (χ3v) is 6.41. The molecule has 0 fully saturated rings. The summed E-state index contributed by atoms with van der Waals surface area (Å²) in [5.74, 6) is 2.00. The third-order valence-electron chi connectivity index (χ3n) is 6.13. The average Bonchev–Trinajstić information content (AvgIpc) is 2.91. The van der Waals surface area contributed by atoms with Gasteiger partial charge in [-0.15, -0.1) is 0 Å². The zero-order chi connectivity index (χ0) is 28.1. The summed E-state index contributed by atoms with van der Waals surface area (Å²) in [6.45, 7) is 8.48. The second-order valence-corrected chi connectivity index (χ2v) is 9.49. The van der Waals surface area contributed by atoms with Crippen LogP contribution >= 0.6 is 11.6 Å². The van der Waals surface area contributed by atoms with Crippen molar-refractivity contribution in [1.29, 1.82) is 5.26 Å². The van der Waals surface area contributed by atoms with Gasteiger partial charge in [0.15, 0.2) is 23.9 Å². The number of rotatable bonds is 9. The lowest BCUT2D eigenvalue weighted by Crippen LogP contribution is -2.21. The topological polar surface area (TPSA) is 98.7 Å². The van der Waals surface area contributed by atoms with Gasteiger partial charge < -0.3 is 14.2 Å². The van der Waals surface area contributed by atoms with E-state index in [0.29, 0.717) is 34.6 Å². The molecule has 3 aromatic carbocycles. The summed E-state index contributed by atoms with van der Waals surface area (Å²) >= 11 is 6.41. The monoisotopic (exact) mass is 544 g/mol. The number of fused-ring (bicyclic) bond motifs is 1. The van der Waals surface area contributed by atoms with E-state index in [4.69, 9.17) is 36.1 Å². The Morgan fingerprint density at radius 1 is 1.15 bits per heavy atom. The molecule has 200 valence electrons. The van der Waals surface area contributed by atoms with Gasteiger partial charge in [-0.05, 0) is 72.9 Å². The fraction of sp³-hybridized carbons (Fsp3) is 0.267. The largest absolute Gasteiger partial charge is 0.494 e. The normalized spacial score (nSPS) is 11.2. The van der Waals surface area contributed by atoms with Gasteiger partial charge in [-0.2, -0.15) is 15.0 Å². The molecule has 0 spiro atoms. The number of hydrogen-bond acceptors (Lipinski definition) is 7. The van der Waals surface area contributed by atoms with E-state index in [0.717, 1.165) is 22.4 Å². The Labute approximate surface area is 232 Å². The van der Waals surface area contributed by atoms with Gasteiger partial charge in [0.25, 0.3) is 5.56 Å². The van der Waals surface area contributed by atoms with E-state index in [1.807, 2.05) is 44.2 Å². The van der Waals surface area contributed by atoms with Gasteiger partial charge in [-0.1, -0.05) is 37.6 Å². The molecule has 1 heterocycles. The SMILES string of the molecule is CCOc1cc(C)c(-c2nc3ccccc3c(=O)n2N=Cc2cc(Cl)c(OCC#N)c(OC)c2)cc1C(C)C. The van der Waals surface area contributed by atoms with Crippen molar-refractivity contribution < 1.29 is 14.2 Å². The Hall–Kier alpha value is -4.35. The van der Waals surface area contributed by atoms with Crippen molar-refractivity contribution in [2.75, 3.05) is 20.3 Å². The summed E-state index contributed by atoms with van der Waals surface area (Å²) < 4.78 is 18.0. The number of nitrogens with zero attached hydrogens (tertiary/aromatic N) is 4. The highest BCUT2D eigenvalue weighted by Gasteiger charge is 2.19. The molecule has 0 radical (unpaired) electrons. The molecule has 0 aliphatic rings. The van der Waals surface area contributed by atoms with Gasteiger partial charge in [0, 0.05) is 5.56 Å². The Balaban J connectivity index is 1.92. The summed E-state index contributed by atoms with van der Waals surface area (Å²) in [5.41, 5.74) is 3.53. The van der Waals surface area contributed by atoms with Crippen LogP contribution in [0.3, 0.4) is 0 Å². The number of hydrogen-bond donors (Lipinski definition) is 0. The standard InChI is InChI=1S/C30H29ClN4O4/c1-6-38-26-13-19(4)23(16-22(26)18(2)3)29-34-25-10-8-7-9-21(25)30(36)35(29)33-17-20-14-24(31)28(39-12-11-32)27(15-20)37-5/h7-10,13-18H,6,12H2,1-5H3. The van der Waals surface area contributed by atoms with Crippen molar-refractivity contribution in [3.05, 3.63) is 80.6 Å². The number of halogens is 1. The second kappa shape index (κ2) is 12.0. The van der Waals surface area contributed by atoms with Crippen LogP contribution in [-0.4, -0.2) is 36.2 Å². The molecule has 8 nitrogen and oxygen atoms in total. The van der Waals surface area contributed by atoms with E-state index in [9.17, 15) is 4.79 Å². The van der Waals surface area contributed by atoms with Crippen molar-refractivity contribution in [1.82, 2.24) is 9.66 Å². The lowest BCUT2D eigenvalue weighted by Gasteiger charge is -2.18. The van der Waals surface area contributed by atoms with E-state index in [1.165, 1.54) is 18.0 Å². The number of aryl methyl sites for hydroxylation is 1. The molecular formula is C30H29ClN4O4. The molecule has 0 atom stereocenters. The van der Waals surface area contributed by atoms with Crippen LogP contribution in [0.25, 0.3) is 22.3 Å². The van der Waals surface area contributed by atoms with Crippen LogP contribution in [0.2, 0.25) is 5.02 Å². The predicted molar refractivity (Wildman–Crippen MR) is 154 cm³/mol. The lowest BCUT2D eigenvalue weighted by molar-refractivity contribution is 0.330. The first-order chi connectivity index (χ1) is 18.8. The maximum atomic E-state index is 13.7. The zero-order valence-electron chi connectivity index (χ0n) is 22.5. The summed E-state index contributed by atoms with van der Waals surface area (Å²) in [6.07, 6.45) is 1.51. The Morgan fingerprint density at radius 2 is 1.92 bits per heavy atom. The molecule has 1 aromatic heterocycles. The van der Waals surface area contributed by atoms with E-state index in [-0.39, 0.29) is 28.9 Å². The summed E-state index contributed by atoms with van der Waals surface area (Å²) in [6, 6.07) is 16.4. The average molecular weight is 545 g/mol. The van der Waals surface area contributed by atoms with Gasteiger partial charge in [-0.25, -0.2) is 4.98 Å². The van der Waals surface area contributed by atoms with E-state index >= 15 is 0 Å². The van der Waals surface area contributed by atoms with Crippen LogP contribution in [0.5, 0.6) is 17.2 Å². The summed E-state index contributed by atoms with van der Waals surface area (Å²) in [5, 5.41) is 14.1. The quantitative estimate of drug-likeness (QED) is 0.228. The molecule has 0 unspecified atom stereocenters. The Morgan fingerprint density at radius 3 is 2.62 bits per heavy atom. The molecule has 0 amide bonds. The van der Waals surface area contributed by atoms with Crippen LogP contribution in [-0.2, 0) is 0 Å². The number of para-hydroxylation sites is 1. The maximum Gasteiger partial charge on any atom is 0.282 e. The number of benzene rings is 3. The minimum absolute atomic E-state index is 0.176. The molecule has 0 aliphatic heterocycles. The predicted octanol–water partition coefficient (Wildman–Crippen LogP) is 6.34. The third kappa shape index (κ3) is 5.74. The highest BCUT2D eigenvalue weighted by atomic mass is 35.5. The van der Waals surface area contributed by atoms with E-state index in [2.05, 4.69) is 18.9 Å². The van der Waals surface area contributed by atoms with Crippen molar-refractivity contribution >= 4 is 28.7 Å². The fourth-order valence-corrected chi connectivity index (χ4v) is 4.53. The Kier molecular flexibility index (Phi) is 8.52. The first-order valence-corrected chi connectivity index (χ1v) is 12.9. The molecule has 39 heavy (non-hydrogen) atoms. The fourth-order valence-electron chi connectivity index (χ4n) is 4.26. The minimum atomic E-state index is -0.307. The highest BCUT2D eigenvalue weighted by Crippen LogP contribution is 2.36. The van der Waals surface area contributed by atoms with E-state index in [1.54, 1.807) is 24.3 Å². The van der Waals surface area contributed by atoms with Gasteiger partial charge >= 0.3 is 0 Å². The van der Waals surface area contributed by atoms with Gasteiger partial charge in [-0.3, -0.25) is 4.79 Å². The number of ether oxygens (including phenoxy) is 3. The van der Waals surface area contributed by atoms with Crippen LogP contribution < -0.4 is 19.8 Å². The van der Waals surface area contributed by atoms with Crippen molar-refractivity contribution in [3.63, 3.8) is 0 Å². The maximum absolute atomic E-state index is 13.7. The van der Waals surface area contributed by atoms with Crippen LogP contribution in [0.4, 0.5) is 0 Å². The summed E-state index contributed by atoms with van der Waals surface area (Å²) in [7, 11) is 1.47. The van der Waals surface area contributed by atoms with Gasteiger partial charge in [0.1, 0.15) is 11.8 Å². The van der Waals surface area contributed by atoms with Crippen molar-refractivity contribution in [2.45, 2.75) is 33.6 Å². The first-order valence-electron chi connectivity index (χ1n) is 12.5. The molecule has 0 aliphatic carbocycles. The molecule has 9 heteroatoms. The van der Waals surface area contributed by atoms with Crippen LogP contribution in [0.15, 0.2) is 58.4 Å². The molecule has 0 bridgehead atoms. The van der Waals surface area contributed by atoms with E-state index < -0.39 is 0 Å². The lowest BCUT2D eigenvalue weighted by atomic mass is 9.96. The molecule has 4 rings (SSSR count). The molecule has 0 saturated carbocycles. The van der Waals surface area contributed by atoms with Crippen molar-refractivity contribution in [3.8, 4) is 34.7 Å². The first kappa shape index (κ1) is 27.7. The molecule has 0 N–H and O–H groups in total. The van der Waals surface area contributed by atoms with Gasteiger partial charge in [0.2, 0.25) is 0 Å². The second-order valence-electron chi connectivity index (χ2n) is 9.09. The number of methoxy groups -OCH3 is 1. The minimum Gasteiger partial charge on any atom is -0.494 e. The summed E-state index contributed by atoms with van der Waals surface area (Å²) in [4.78, 5) is 18.6. The Bertz CT molecular complexity index is 1650. The highest BCUT2D eigenvalue weighted by molar-refractivity contribution is 6.32. The molecule has 0 saturated heterocycles.